The van der Waals surface area contributed by atoms with Gasteiger partial charge >= 0.3 is 0 Å². The molecule has 3 aromatic heterocycles. The number of piperidine rings is 1. The number of rotatable bonds is 3. The average molecular weight is 324 g/mol. The summed E-state index contributed by atoms with van der Waals surface area (Å²) in [5.74, 6) is 0.116. The van der Waals surface area contributed by atoms with Crippen LogP contribution in [0.5, 0.6) is 0 Å². The van der Waals surface area contributed by atoms with E-state index in [0.717, 1.165) is 42.8 Å². The van der Waals surface area contributed by atoms with Crippen molar-refractivity contribution in [1.29, 1.82) is 0 Å². The first kappa shape index (κ1) is 14.9. The first-order chi connectivity index (χ1) is 11.7. The monoisotopic (exact) mass is 324 g/mol. The number of carbonyl (C=O) groups is 1. The molecule has 4 rings (SSSR count). The molecule has 1 atom stereocenters. The molecule has 7 heteroatoms. The normalized spacial score (nSPS) is 18.2. The molecule has 0 spiro atoms. The van der Waals surface area contributed by atoms with Crippen molar-refractivity contribution in [1.82, 2.24) is 29.0 Å². The van der Waals surface area contributed by atoms with Gasteiger partial charge in [-0.15, -0.1) is 0 Å². The van der Waals surface area contributed by atoms with Crippen molar-refractivity contribution < 1.29 is 4.79 Å². The van der Waals surface area contributed by atoms with Gasteiger partial charge in [0.1, 0.15) is 6.54 Å². The zero-order valence-corrected chi connectivity index (χ0v) is 13.7. The van der Waals surface area contributed by atoms with Gasteiger partial charge in [-0.1, -0.05) is 0 Å². The number of hydrogen-bond donors (Lipinski definition) is 0. The van der Waals surface area contributed by atoms with Crippen LogP contribution in [0, 0.1) is 6.92 Å². The highest BCUT2D eigenvalue weighted by Crippen LogP contribution is 2.30. The number of nitrogens with zero attached hydrogens (tertiary/aromatic N) is 6. The molecule has 1 aliphatic rings. The Hall–Kier alpha value is -2.70. The zero-order chi connectivity index (χ0) is 16.5. The third kappa shape index (κ3) is 2.66. The molecule has 0 N–H and O–H groups in total. The summed E-state index contributed by atoms with van der Waals surface area (Å²) in [6.07, 6.45) is 10.0. The molecule has 0 unspecified atom stereocenters. The van der Waals surface area contributed by atoms with Gasteiger partial charge in [-0.05, 0) is 32.3 Å². The molecule has 0 aromatic carbocycles. The minimum atomic E-state index is 0.0355. The molecular formula is C17H20N6O. The number of aromatic nitrogens is 5. The van der Waals surface area contributed by atoms with E-state index in [1.807, 2.05) is 39.2 Å². The van der Waals surface area contributed by atoms with E-state index in [2.05, 4.69) is 10.1 Å². The lowest BCUT2D eigenvalue weighted by atomic mass is 9.98. The van der Waals surface area contributed by atoms with Crippen molar-refractivity contribution in [3.63, 3.8) is 0 Å². The van der Waals surface area contributed by atoms with E-state index in [1.54, 1.807) is 18.7 Å². The highest BCUT2D eigenvalue weighted by molar-refractivity contribution is 5.76. The smallest absolute Gasteiger partial charge is 0.243 e. The third-order valence-corrected chi connectivity index (χ3v) is 4.60. The van der Waals surface area contributed by atoms with Crippen molar-refractivity contribution in [3.8, 4) is 0 Å². The van der Waals surface area contributed by atoms with Gasteiger partial charge in [-0.3, -0.25) is 4.79 Å². The molecule has 1 fully saturated rings. The van der Waals surface area contributed by atoms with Crippen molar-refractivity contribution >= 4 is 11.6 Å². The third-order valence-electron chi connectivity index (χ3n) is 4.60. The van der Waals surface area contributed by atoms with E-state index in [4.69, 9.17) is 4.98 Å². The van der Waals surface area contributed by atoms with E-state index < -0.39 is 0 Å². The Balaban J connectivity index is 1.64. The van der Waals surface area contributed by atoms with Crippen molar-refractivity contribution in [2.45, 2.75) is 38.8 Å². The fourth-order valence-corrected chi connectivity index (χ4v) is 3.43. The Bertz CT molecular complexity index is 853. The van der Waals surface area contributed by atoms with Crippen LogP contribution in [0.2, 0.25) is 0 Å². The molecule has 1 amide bonds. The lowest BCUT2D eigenvalue weighted by Crippen LogP contribution is -2.40. The van der Waals surface area contributed by atoms with E-state index in [-0.39, 0.29) is 11.9 Å². The van der Waals surface area contributed by atoms with Crippen LogP contribution in [0.1, 0.15) is 36.7 Å². The predicted octanol–water partition coefficient (Wildman–Crippen LogP) is 1.99. The SMILES string of the molecule is Cc1cc([C@H]2CCCCN2C(=O)Cn2ccnc2)nc2ccnn12. The van der Waals surface area contributed by atoms with Crippen LogP contribution < -0.4 is 0 Å². The summed E-state index contributed by atoms with van der Waals surface area (Å²) < 4.78 is 3.64. The lowest BCUT2D eigenvalue weighted by molar-refractivity contribution is -0.135. The molecule has 0 aliphatic carbocycles. The van der Waals surface area contributed by atoms with Gasteiger partial charge < -0.3 is 9.47 Å². The predicted molar refractivity (Wildman–Crippen MR) is 88.3 cm³/mol. The zero-order valence-electron chi connectivity index (χ0n) is 13.7. The van der Waals surface area contributed by atoms with Crippen LogP contribution in [-0.2, 0) is 11.3 Å². The Labute approximate surface area is 139 Å². The molecule has 4 heterocycles. The van der Waals surface area contributed by atoms with Crippen LogP contribution in [0.25, 0.3) is 5.65 Å². The largest absolute Gasteiger partial charge is 0.333 e. The average Bonchev–Trinajstić information content (AvgIpc) is 3.26. The van der Waals surface area contributed by atoms with Crippen molar-refractivity contribution in [3.05, 3.63) is 48.4 Å². The van der Waals surface area contributed by atoms with Crippen LogP contribution >= 0.6 is 0 Å². The minimum absolute atomic E-state index is 0.0355. The van der Waals surface area contributed by atoms with E-state index in [0.29, 0.717) is 6.54 Å². The summed E-state index contributed by atoms with van der Waals surface area (Å²) in [6.45, 7) is 3.12. The van der Waals surface area contributed by atoms with Crippen LogP contribution in [0.3, 0.4) is 0 Å². The maximum atomic E-state index is 12.8. The summed E-state index contributed by atoms with van der Waals surface area (Å²) in [7, 11) is 0. The van der Waals surface area contributed by atoms with Gasteiger partial charge in [0.2, 0.25) is 5.91 Å². The lowest BCUT2D eigenvalue weighted by Gasteiger charge is -2.35. The molecule has 3 aromatic rings. The van der Waals surface area contributed by atoms with Crippen LogP contribution in [0.4, 0.5) is 0 Å². The fourth-order valence-electron chi connectivity index (χ4n) is 3.43. The number of aryl methyl sites for hydroxylation is 1. The number of imidazole rings is 1. The second-order valence-electron chi connectivity index (χ2n) is 6.26. The Morgan fingerprint density at radius 3 is 3.08 bits per heavy atom. The maximum absolute atomic E-state index is 12.8. The molecule has 0 radical (unpaired) electrons. The van der Waals surface area contributed by atoms with E-state index in [1.165, 1.54) is 0 Å². The summed E-state index contributed by atoms with van der Waals surface area (Å²) in [6, 6.07) is 3.98. The van der Waals surface area contributed by atoms with Gasteiger partial charge in [0.05, 0.1) is 24.3 Å². The second-order valence-corrected chi connectivity index (χ2v) is 6.26. The van der Waals surface area contributed by atoms with Gasteiger partial charge in [0.25, 0.3) is 0 Å². The van der Waals surface area contributed by atoms with Crippen molar-refractivity contribution in [2.75, 3.05) is 6.54 Å². The van der Waals surface area contributed by atoms with Crippen LogP contribution in [0.15, 0.2) is 37.1 Å². The molecular weight excluding hydrogens is 304 g/mol. The summed E-state index contributed by atoms with van der Waals surface area (Å²) in [4.78, 5) is 23.5. The Morgan fingerprint density at radius 1 is 1.33 bits per heavy atom. The Morgan fingerprint density at radius 2 is 2.25 bits per heavy atom. The quantitative estimate of drug-likeness (QED) is 0.739. The van der Waals surface area contributed by atoms with E-state index >= 15 is 0 Å². The van der Waals surface area contributed by atoms with Gasteiger partial charge in [0.15, 0.2) is 5.65 Å². The number of amides is 1. The highest BCUT2D eigenvalue weighted by Gasteiger charge is 2.29. The fraction of sp³-hybridized carbons (Fsp3) is 0.412. The number of hydrogen-bond acceptors (Lipinski definition) is 4. The number of carbonyl (C=O) groups excluding carboxylic acids is 1. The number of likely N-dealkylation sites (tertiary alicyclic amines) is 1. The standard InChI is InChI=1S/C17H20N6O/c1-13-10-14(20-16-5-6-19-23(13)16)15-4-2-3-8-22(15)17(24)11-21-9-7-18-12-21/h5-7,9-10,12,15H,2-4,8,11H2,1H3/t15-/m1/s1. The molecule has 0 saturated carbocycles. The number of fused-ring (bicyclic) bond motifs is 1. The molecule has 1 aliphatic heterocycles. The maximum Gasteiger partial charge on any atom is 0.243 e. The topological polar surface area (TPSA) is 68.3 Å². The summed E-state index contributed by atoms with van der Waals surface area (Å²) in [5, 5.41) is 4.27. The van der Waals surface area contributed by atoms with Gasteiger partial charge in [-0.25, -0.2) is 14.5 Å². The van der Waals surface area contributed by atoms with Gasteiger partial charge in [-0.2, -0.15) is 5.10 Å². The van der Waals surface area contributed by atoms with Crippen molar-refractivity contribution in [2.24, 2.45) is 0 Å². The first-order valence-electron chi connectivity index (χ1n) is 8.29. The molecule has 124 valence electrons. The van der Waals surface area contributed by atoms with Crippen LogP contribution in [-0.4, -0.2) is 41.5 Å². The molecule has 0 bridgehead atoms. The van der Waals surface area contributed by atoms with Gasteiger partial charge in [0, 0.05) is 30.7 Å². The second kappa shape index (κ2) is 6.07. The first-order valence-corrected chi connectivity index (χ1v) is 8.29. The summed E-state index contributed by atoms with van der Waals surface area (Å²) >= 11 is 0. The summed E-state index contributed by atoms with van der Waals surface area (Å²) in [5.41, 5.74) is 2.82. The molecule has 7 nitrogen and oxygen atoms in total. The minimum Gasteiger partial charge on any atom is -0.333 e. The highest BCUT2D eigenvalue weighted by atomic mass is 16.2. The molecule has 1 saturated heterocycles. The Kier molecular flexibility index (Phi) is 3.76. The van der Waals surface area contributed by atoms with E-state index in [9.17, 15) is 4.79 Å². The molecule has 24 heavy (non-hydrogen) atoms.